The highest BCUT2D eigenvalue weighted by molar-refractivity contribution is 5.79. The Kier molecular flexibility index (Phi) is 2.38. The van der Waals surface area contributed by atoms with Gasteiger partial charge in [0.25, 0.3) is 0 Å². The molecular formula is C8H8N2O. The Balaban J connectivity index is 2.87. The van der Waals surface area contributed by atoms with Gasteiger partial charge in [0.2, 0.25) is 0 Å². The summed E-state index contributed by atoms with van der Waals surface area (Å²) >= 11 is 0. The number of aromatic nitrogens is 1. The molecule has 0 saturated heterocycles. The van der Waals surface area contributed by atoms with Gasteiger partial charge >= 0.3 is 0 Å². The summed E-state index contributed by atoms with van der Waals surface area (Å²) in [6, 6.07) is 3.60. The smallest absolute Gasteiger partial charge is 0.165 e. The molecule has 0 aliphatic heterocycles. The van der Waals surface area contributed by atoms with E-state index in [1.54, 1.807) is 24.5 Å². The molecule has 0 saturated carbocycles. The van der Waals surface area contributed by atoms with Gasteiger partial charge in [0, 0.05) is 12.4 Å². The number of hydrogen-bond donors (Lipinski definition) is 1. The molecule has 0 spiro atoms. The Hall–Kier alpha value is -1.64. The fourth-order valence-corrected chi connectivity index (χ4v) is 0.688. The molecular weight excluding hydrogens is 140 g/mol. The number of carbonyl (C=O) groups is 1. The zero-order valence-corrected chi connectivity index (χ0v) is 5.90. The summed E-state index contributed by atoms with van der Waals surface area (Å²) in [4.78, 5) is 14.0. The maximum Gasteiger partial charge on any atom is 0.165 e. The van der Waals surface area contributed by atoms with Crippen LogP contribution in [0.15, 0.2) is 30.2 Å². The van der Waals surface area contributed by atoms with Gasteiger partial charge in [-0.2, -0.15) is 0 Å². The molecule has 56 valence electrons. The van der Waals surface area contributed by atoms with E-state index in [0.717, 1.165) is 5.56 Å². The first-order valence-corrected chi connectivity index (χ1v) is 3.15. The largest absolute Gasteiger partial charge is 0.396 e. The molecule has 1 heterocycles. The lowest BCUT2D eigenvalue weighted by Crippen LogP contribution is -1.96. The molecule has 3 nitrogen and oxygen atoms in total. The van der Waals surface area contributed by atoms with Gasteiger partial charge in [-0.1, -0.05) is 6.07 Å². The highest BCUT2D eigenvalue weighted by Gasteiger charge is 1.87. The normalized spacial score (nSPS) is 11.1. The van der Waals surface area contributed by atoms with Crippen molar-refractivity contribution < 1.29 is 4.79 Å². The first-order chi connectivity index (χ1) is 5.33. The van der Waals surface area contributed by atoms with Crippen molar-refractivity contribution in [2.75, 3.05) is 0 Å². The van der Waals surface area contributed by atoms with Crippen molar-refractivity contribution in [1.82, 2.24) is 4.98 Å². The van der Waals surface area contributed by atoms with E-state index in [0.29, 0.717) is 6.29 Å². The van der Waals surface area contributed by atoms with Gasteiger partial charge in [0.1, 0.15) is 0 Å². The molecule has 1 rings (SSSR count). The second-order valence-corrected chi connectivity index (χ2v) is 2.05. The second-order valence-electron chi connectivity index (χ2n) is 2.05. The summed E-state index contributed by atoms with van der Waals surface area (Å²) in [5.74, 6) is 0. The number of nitrogens with zero attached hydrogens (tertiary/aromatic N) is 1. The molecule has 0 fully saturated rings. The van der Waals surface area contributed by atoms with Crippen LogP contribution in [0.3, 0.4) is 0 Å². The van der Waals surface area contributed by atoms with Gasteiger partial charge in [-0.05, 0) is 17.7 Å². The summed E-state index contributed by atoms with van der Waals surface area (Å²) in [6.07, 6.45) is 5.47. The maximum atomic E-state index is 10.1. The minimum atomic E-state index is 0.206. The summed E-state index contributed by atoms with van der Waals surface area (Å²) in [7, 11) is 0. The highest BCUT2D eigenvalue weighted by atomic mass is 16.1. The van der Waals surface area contributed by atoms with Crippen molar-refractivity contribution >= 4 is 12.4 Å². The van der Waals surface area contributed by atoms with Crippen molar-refractivity contribution in [3.8, 4) is 0 Å². The number of allylic oxidation sites excluding steroid dienone is 1. The second kappa shape index (κ2) is 3.51. The quantitative estimate of drug-likeness (QED) is 0.493. The van der Waals surface area contributed by atoms with Crippen LogP contribution in [-0.4, -0.2) is 11.3 Å². The number of pyridine rings is 1. The minimum Gasteiger partial charge on any atom is -0.396 e. The Morgan fingerprint density at radius 1 is 1.64 bits per heavy atom. The molecule has 0 unspecified atom stereocenters. The lowest BCUT2D eigenvalue weighted by atomic mass is 10.2. The molecule has 1 aromatic rings. The zero-order chi connectivity index (χ0) is 8.10. The molecule has 11 heavy (non-hydrogen) atoms. The number of hydrogen-bond acceptors (Lipinski definition) is 3. The molecule has 0 bridgehead atoms. The Labute approximate surface area is 64.6 Å². The van der Waals surface area contributed by atoms with E-state index in [9.17, 15) is 4.79 Å². The zero-order valence-electron chi connectivity index (χ0n) is 5.90. The standard InChI is InChI=1S/C8H8N2O/c9-8(6-11)4-7-2-1-3-10-5-7/h1-6H,9H2/b8-4-. The van der Waals surface area contributed by atoms with Gasteiger partial charge in [-0.25, -0.2) is 0 Å². The Morgan fingerprint density at radius 3 is 3.00 bits per heavy atom. The first kappa shape index (κ1) is 7.47. The number of rotatable bonds is 2. The molecule has 0 aliphatic carbocycles. The van der Waals surface area contributed by atoms with Crippen molar-refractivity contribution in [1.29, 1.82) is 0 Å². The fraction of sp³-hybridized carbons (Fsp3) is 0. The van der Waals surface area contributed by atoms with E-state index in [-0.39, 0.29) is 5.70 Å². The van der Waals surface area contributed by atoms with Crippen molar-refractivity contribution in [2.24, 2.45) is 5.73 Å². The van der Waals surface area contributed by atoms with Crippen LogP contribution in [0.1, 0.15) is 5.56 Å². The molecule has 0 radical (unpaired) electrons. The first-order valence-electron chi connectivity index (χ1n) is 3.15. The summed E-state index contributed by atoms with van der Waals surface area (Å²) in [6.45, 7) is 0. The van der Waals surface area contributed by atoms with Gasteiger partial charge < -0.3 is 5.73 Å². The third-order valence-corrected chi connectivity index (χ3v) is 1.15. The lowest BCUT2D eigenvalue weighted by molar-refractivity contribution is -0.104. The molecule has 0 aliphatic rings. The average molecular weight is 148 g/mol. The van der Waals surface area contributed by atoms with Crippen LogP contribution in [-0.2, 0) is 4.79 Å². The van der Waals surface area contributed by atoms with Crippen LogP contribution in [0.25, 0.3) is 6.08 Å². The lowest BCUT2D eigenvalue weighted by Gasteiger charge is -1.90. The summed E-state index contributed by atoms with van der Waals surface area (Å²) < 4.78 is 0. The number of carbonyl (C=O) groups excluding carboxylic acids is 1. The Bertz CT molecular complexity index is 267. The number of aldehydes is 1. The average Bonchev–Trinajstić information content (AvgIpc) is 2.06. The maximum absolute atomic E-state index is 10.1. The fourth-order valence-electron chi connectivity index (χ4n) is 0.688. The molecule has 0 amide bonds. The molecule has 2 N–H and O–H groups in total. The highest BCUT2D eigenvalue weighted by Crippen LogP contribution is 1.99. The summed E-state index contributed by atoms with van der Waals surface area (Å²) in [5.41, 5.74) is 6.31. The predicted octanol–water partition coefficient (Wildman–Crippen LogP) is 0.580. The van der Waals surface area contributed by atoms with E-state index in [1.807, 2.05) is 6.07 Å². The molecule has 3 heteroatoms. The van der Waals surface area contributed by atoms with Crippen LogP contribution in [0.5, 0.6) is 0 Å². The molecule has 1 aromatic heterocycles. The van der Waals surface area contributed by atoms with Gasteiger partial charge in [-0.3, -0.25) is 9.78 Å². The van der Waals surface area contributed by atoms with Crippen LogP contribution in [0, 0.1) is 0 Å². The van der Waals surface area contributed by atoms with Crippen LogP contribution in [0.2, 0.25) is 0 Å². The van der Waals surface area contributed by atoms with E-state index in [4.69, 9.17) is 5.73 Å². The van der Waals surface area contributed by atoms with Gasteiger partial charge in [-0.15, -0.1) is 0 Å². The summed E-state index contributed by atoms with van der Waals surface area (Å²) in [5, 5.41) is 0. The predicted molar refractivity (Wildman–Crippen MR) is 42.5 cm³/mol. The Morgan fingerprint density at radius 2 is 2.45 bits per heavy atom. The number of nitrogens with two attached hydrogens (primary N) is 1. The van der Waals surface area contributed by atoms with Crippen LogP contribution in [0.4, 0.5) is 0 Å². The monoisotopic (exact) mass is 148 g/mol. The molecule has 0 atom stereocenters. The van der Waals surface area contributed by atoms with E-state index in [1.165, 1.54) is 0 Å². The third kappa shape index (κ3) is 2.21. The van der Waals surface area contributed by atoms with Gasteiger partial charge in [0.15, 0.2) is 6.29 Å². The van der Waals surface area contributed by atoms with Crippen molar-refractivity contribution in [3.63, 3.8) is 0 Å². The van der Waals surface area contributed by atoms with Gasteiger partial charge in [0.05, 0.1) is 5.70 Å². The van der Waals surface area contributed by atoms with Crippen LogP contribution >= 0.6 is 0 Å². The van der Waals surface area contributed by atoms with E-state index < -0.39 is 0 Å². The van der Waals surface area contributed by atoms with Crippen molar-refractivity contribution in [2.45, 2.75) is 0 Å². The third-order valence-electron chi connectivity index (χ3n) is 1.15. The minimum absolute atomic E-state index is 0.206. The van der Waals surface area contributed by atoms with E-state index in [2.05, 4.69) is 4.98 Å². The van der Waals surface area contributed by atoms with Crippen LogP contribution < -0.4 is 5.73 Å². The SMILES string of the molecule is N/C(C=O)=C\c1cccnc1. The van der Waals surface area contributed by atoms with Crippen molar-refractivity contribution in [3.05, 3.63) is 35.8 Å². The van der Waals surface area contributed by atoms with E-state index >= 15 is 0 Å². The molecule has 0 aromatic carbocycles. The topological polar surface area (TPSA) is 56.0 Å².